The highest BCUT2D eigenvalue weighted by molar-refractivity contribution is 6.30. The van der Waals surface area contributed by atoms with Gasteiger partial charge in [-0.1, -0.05) is 11.6 Å². The first kappa shape index (κ1) is 10.9. The van der Waals surface area contributed by atoms with Crippen molar-refractivity contribution in [3.63, 3.8) is 0 Å². The van der Waals surface area contributed by atoms with Crippen LogP contribution >= 0.6 is 11.6 Å². The van der Waals surface area contributed by atoms with Gasteiger partial charge in [-0.15, -0.1) is 0 Å². The van der Waals surface area contributed by atoms with E-state index in [-0.39, 0.29) is 5.69 Å². The van der Waals surface area contributed by atoms with Gasteiger partial charge in [0.1, 0.15) is 5.65 Å². The lowest BCUT2D eigenvalue weighted by atomic mass is 10.3. The highest BCUT2D eigenvalue weighted by Crippen LogP contribution is 2.18. The Morgan fingerprint density at radius 2 is 2.38 bits per heavy atom. The summed E-state index contributed by atoms with van der Waals surface area (Å²) in [6, 6.07) is 1.71. The van der Waals surface area contributed by atoms with Crippen molar-refractivity contribution in [3.8, 4) is 0 Å². The molecule has 0 bridgehead atoms. The topological polar surface area (TPSA) is 63.8 Å². The third-order valence-corrected chi connectivity index (χ3v) is 2.32. The Morgan fingerprint density at radius 1 is 1.62 bits per heavy atom. The Balaban J connectivity index is 2.65. The van der Waals surface area contributed by atoms with Crippen LogP contribution in [-0.2, 0) is 11.3 Å². The molecule has 0 saturated heterocycles. The van der Waals surface area contributed by atoms with Crippen LogP contribution in [0.3, 0.4) is 0 Å². The fourth-order valence-corrected chi connectivity index (χ4v) is 1.73. The smallest absolute Gasteiger partial charge is 0.356 e. The standard InChI is InChI=1S/C10H9ClN2O3/c1-16-5-6-2-7(11)3-13-4-8(10(14)15)12-9(6)13/h2-4H,5H2,1H3,(H,14,15). The van der Waals surface area contributed by atoms with E-state index in [1.165, 1.54) is 6.20 Å². The van der Waals surface area contributed by atoms with E-state index in [1.807, 2.05) is 0 Å². The molecule has 0 saturated carbocycles. The van der Waals surface area contributed by atoms with Crippen molar-refractivity contribution in [2.45, 2.75) is 6.61 Å². The molecular formula is C10H9ClN2O3. The quantitative estimate of drug-likeness (QED) is 0.889. The largest absolute Gasteiger partial charge is 0.476 e. The predicted octanol–water partition coefficient (Wildman–Crippen LogP) is 1.83. The zero-order valence-corrected chi connectivity index (χ0v) is 9.23. The minimum absolute atomic E-state index is 0.0142. The highest BCUT2D eigenvalue weighted by Gasteiger charge is 2.12. The molecule has 2 aromatic rings. The Kier molecular flexibility index (Phi) is 2.80. The average Bonchev–Trinajstić information content (AvgIpc) is 2.61. The Morgan fingerprint density at radius 3 is 3.00 bits per heavy atom. The Bertz CT molecular complexity index is 550. The van der Waals surface area contributed by atoms with E-state index in [4.69, 9.17) is 21.4 Å². The van der Waals surface area contributed by atoms with Crippen molar-refractivity contribution < 1.29 is 14.6 Å². The third kappa shape index (κ3) is 1.87. The molecule has 0 atom stereocenters. The van der Waals surface area contributed by atoms with Gasteiger partial charge in [0.15, 0.2) is 5.69 Å². The molecule has 84 valence electrons. The zero-order chi connectivity index (χ0) is 11.7. The van der Waals surface area contributed by atoms with Crippen LogP contribution < -0.4 is 0 Å². The molecule has 5 nitrogen and oxygen atoms in total. The number of methoxy groups -OCH3 is 1. The van der Waals surface area contributed by atoms with Crippen molar-refractivity contribution in [1.29, 1.82) is 0 Å². The molecule has 0 aliphatic heterocycles. The molecule has 0 unspecified atom stereocenters. The van der Waals surface area contributed by atoms with Crippen molar-refractivity contribution in [3.05, 3.63) is 34.7 Å². The fraction of sp³-hybridized carbons (Fsp3) is 0.200. The molecule has 2 aromatic heterocycles. The van der Waals surface area contributed by atoms with E-state index in [9.17, 15) is 4.79 Å². The summed E-state index contributed by atoms with van der Waals surface area (Å²) in [4.78, 5) is 14.8. The van der Waals surface area contributed by atoms with Crippen molar-refractivity contribution in [2.75, 3.05) is 7.11 Å². The number of fused-ring (bicyclic) bond motifs is 1. The van der Waals surface area contributed by atoms with Crippen LogP contribution in [0.5, 0.6) is 0 Å². The number of nitrogens with zero attached hydrogens (tertiary/aromatic N) is 2. The average molecular weight is 241 g/mol. The molecule has 0 amide bonds. The second kappa shape index (κ2) is 4.11. The number of carboxylic acid groups (broad SMARTS) is 1. The number of aromatic carboxylic acids is 1. The number of pyridine rings is 1. The number of imidazole rings is 1. The van der Waals surface area contributed by atoms with E-state index in [2.05, 4.69) is 4.98 Å². The summed E-state index contributed by atoms with van der Waals surface area (Å²) in [5.41, 5.74) is 1.28. The molecule has 6 heteroatoms. The van der Waals surface area contributed by atoms with E-state index in [0.29, 0.717) is 17.3 Å². The molecule has 0 aliphatic rings. The normalized spacial score (nSPS) is 10.9. The van der Waals surface area contributed by atoms with Crippen LogP contribution in [0.4, 0.5) is 0 Å². The SMILES string of the molecule is COCc1cc(Cl)cn2cc(C(=O)O)nc12. The number of carboxylic acids is 1. The van der Waals surface area contributed by atoms with Crippen molar-refractivity contribution in [2.24, 2.45) is 0 Å². The van der Waals surface area contributed by atoms with E-state index in [1.54, 1.807) is 23.8 Å². The summed E-state index contributed by atoms with van der Waals surface area (Å²) in [5, 5.41) is 9.34. The number of hydrogen-bond acceptors (Lipinski definition) is 3. The molecule has 2 heterocycles. The molecule has 1 N–H and O–H groups in total. The van der Waals surface area contributed by atoms with Gasteiger partial charge in [-0.3, -0.25) is 0 Å². The molecule has 0 aliphatic carbocycles. The number of hydrogen-bond donors (Lipinski definition) is 1. The summed E-state index contributed by atoms with van der Waals surface area (Å²) in [6.07, 6.45) is 3.03. The summed E-state index contributed by atoms with van der Waals surface area (Å²) >= 11 is 5.90. The molecule has 2 rings (SSSR count). The lowest BCUT2D eigenvalue weighted by Crippen LogP contribution is -1.96. The molecular weight excluding hydrogens is 232 g/mol. The highest BCUT2D eigenvalue weighted by atomic mass is 35.5. The number of rotatable bonds is 3. The summed E-state index contributed by atoms with van der Waals surface area (Å²) < 4.78 is 6.58. The second-order valence-corrected chi connectivity index (χ2v) is 3.72. The maximum atomic E-state index is 10.8. The van der Waals surface area contributed by atoms with Crippen molar-refractivity contribution in [1.82, 2.24) is 9.38 Å². The van der Waals surface area contributed by atoms with Gasteiger partial charge in [0, 0.05) is 25.1 Å². The lowest BCUT2D eigenvalue weighted by Gasteiger charge is -2.02. The van der Waals surface area contributed by atoms with E-state index >= 15 is 0 Å². The minimum Gasteiger partial charge on any atom is -0.476 e. The first-order chi connectivity index (χ1) is 7.61. The summed E-state index contributed by atoms with van der Waals surface area (Å²) in [7, 11) is 1.55. The van der Waals surface area contributed by atoms with Gasteiger partial charge >= 0.3 is 5.97 Å². The maximum absolute atomic E-state index is 10.8. The maximum Gasteiger partial charge on any atom is 0.356 e. The summed E-state index contributed by atoms with van der Waals surface area (Å²) in [6.45, 7) is 0.333. The van der Waals surface area contributed by atoms with Crippen LogP contribution in [0.2, 0.25) is 5.02 Å². The van der Waals surface area contributed by atoms with Gasteiger partial charge in [0.2, 0.25) is 0 Å². The third-order valence-electron chi connectivity index (χ3n) is 2.11. The molecule has 16 heavy (non-hydrogen) atoms. The minimum atomic E-state index is -1.07. The zero-order valence-electron chi connectivity index (χ0n) is 8.48. The van der Waals surface area contributed by atoms with E-state index in [0.717, 1.165) is 5.56 Å². The number of aromatic nitrogens is 2. The van der Waals surface area contributed by atoms with Crippen LogP contribution in [0, 0.1) is 0 Å². The number of halogens is 1. The van der Waals surface area contributed by atoms with Gasteiger partial charge in [-0.05, 0) is 6.07 Å². The molecule has 0 fully saturated rings. The predicted molar refractivity (Wildman–Crippen MR) is 57.9 cm³/mol. The Hall–Kier alpha value is -1.59. The molecule has 0 radical (unpaired) electrons. The fourth-order valence-electron chi connectivity index (χ4n) is 1.50. The second-order valence-electron chi connectivity index (χ2n) is 3.28. The monoisotopic (exact) mass is 240 g/mol. The Labute approximate surface area is 96.2 Å². The number of ether oxygens (including phenoxy) is 1. The van der Waals surface area contributed by atoms with Gasteiger partial charge < -0.3 is 14.2 Å². The first-order valence-electron chi connectivity index (χ1n) is 4.51. The summed E-state index contributed by atoms with van der Waals surface area (Å²) in [5.74, 6) is -1.07. The molecule has 0 spiro atoms. The van der Waals surface area contributed by atoms with Gasteiger partial charge in [-0.25, -0.2) is 9.78 Å². The van der Waals surface area contributed by atoms with Crippen LogP contribution in [-0.4, -0.2) is 27.6 Å². The van der Waals surface area contributed by atoms with Crippen LogP contribution in [0.25, 0.3) is 5.65 Å². The van der Waals surface area contributed by atoms with Gasteiger partial charge in [0.25, 0.3) is 0 Å². The first-order valence-corrected chi connectivity index (χ1v) is 4.89. The van der Waals surface area contributed by atoms with Crippen molar-refractivity contribution >= 4 is 23.2 Å². The van der Waals surface area contributed by atoms with E-state index < -0.39 is 5.97 Å². The number of carbonyl (C=O) groups is 1. The van der Waals surface area contributed by atoms with Gasteiger partial charge in [-0.2, -0.15) is 0 Å². The van der Waals surface area contributed by atoms with Gasteiger partial charge in [0.05, 0.1) is 11.6 Å². The molecule has 0 aromatic carbocycles. The van der Waals surface area contributed by atoms with Crippen LogP contribution in [0.15, 0.2) is 18.5 Å². The van der Waals surface area contributed by atoms with Crippen LogP contribution in [0.1, 0.15) is 16.1 Å². The lowest BCUT2D eigenvalue weighted by molar-refractivity contribution is 0.0691.